The zero-order chi connectivity index (χ0) is 7.90. The van der Waals surface area contributed by atoms with Gasteiger partial charge in [0.1, 0.15) is 5.41 Å². The number of hydrogen-bond donors (Lipinski definition) is 1. The van der Waals surface area contributed by atoms with Gasteiger partial charge >= 0.3 is 5.97 Å². The smallest absolute Gasteiger partial charge is 0.348 e. The minimum Gasteiger partial charge on any atom is -0.383 e. The molecule has 4 heteroatoms. The van der Waals surface area contributed by atoms with Crippen LogP contribution in [0, 0.1) is 5.41 Å². The maximum absolute atomic E-state index is 11.2. The van der Waals surface area contributed by atoms with Crippen molar-refractivity contribution in [1.29, 1.82) is 0 Å². The van der Waals surface area contributed by atoms with E-state index < -0.39 is 5.41 Å². The molecule has 11 heavy (non-hydrogen) atoms. The van der Waals surface area contributed by atoms with E-state index >= 15 is 0 Å². The Morgan fingerprint density at radius 2 is 2.09 bits per heavy atom. The summed E-state index contributed by atoms with van der Waals surface area (Å²) in [5.41, 5.74) is 5.04. The van der Waals surface area contributed by atoms with Crippen molar-refractivity contribution >= 4 is 11.8 Å². The van der Waals surface area contributed by atoms with Crippen molar-refractivity contribution in [3.05, 3.63) is 0 Å². The van der Waals surface area contributed by atoms with Crippen LogP contribution in [0.4, 0.5) is 0 Å². The van der Waals surface area contributed by atoms with E-state index in [0.717, 1.165) is 25.7 Å². The monoisotopic (exact) mass is 154 g/mol. The first-order valence-electron chi connectivity index (χ1n) is 3.81. The number of nitrogens with two attached hydrogens (primary N) is 1. The summed E-state index contributed by atoms with van der Waals surface area (Å²) in [7, 11) is 0. The van der Waals surface area contributed by atoms with Gasteiger partial charge < -0.3 is 10.6 Å². The predicted octanol–water partition coefficient (Wildman–Crippen LogP) is 0.376. The van der Waals surface area contributed by atoms with E-state index in [0.29, 0.717) is 5.84 Å². The zero-order valence-electron chi connectivity index (χ0n) is 6.17. The lowest BCUT2D eigenvalue weighted by Crippen LogP contribution is -2.37. The second-order valence-electron chi connectivity index (χ2n) is 3.14. The van der Waals surface area contributed by atoms with Crippen LogP contribution in [0.15, 0.2) is 5.16 Å². The lowest BCUT2D eigenvalue weighted by atomic mass is 9.86. The zero-order valence-corrected chi connectivity index (χ0v) is 6.17. The largest absolute Gasteiger partial charge is 0.383 e. The van der Waals surface area contributed by atoms with Gasteiger partial charge in [-0.25, -0.2) is 4.79 Å². The van der Waals surface area contributed by atoms with Gasteiger partial charge in [-0.3, -0.25) is 0 Å². The average molecular weight is 154 g/mol. The third-order valence-electron chi connectivity index (χ3n) is 2.57. The molecule has 2 aliphatic rings. The van der Waals surface area contributed by atoms with Crippen molar-refractivity contribution in [2.45, 2.75) is 25.7 Å². The fraction of sp³-hybridized carbons (Fsp3) is 0.714. The molecule has 4 nitrogen and oxygen atoms in total. The molecule has 2 N–H and O–H groups in total. The molecule has 0 radical (unpaired) electrons. The molecule has 0 amide bonds. The van der Waals surface area contributed by atoms with Gasteiger partial charge in [0.2, 0.25) is 0 Å². The molecule has 0 aromatic carbocycles. The highest BCUT2D eigenvalue weighted by Gasteiger charge is 2.50. The van der Waals surface area contributed by atoms with Crippen LogP contribution < -0.4 is 5.73 Å². The van der Waals surface area contributed by atoms with E-state index in [2.05, 4.69) is 9.99 Å². The number of rotatable bonds is 0. The van der Waals surface area contributed by atoms with Crippen LogP contribution in [0.2, 0.25) is 0 Å². The van der Waals surface area contributed by atoms with Gasteiger partial charge in [0.25, 0.3) is 0 Å². The van der Waals surface area contributed by atoms with Crippen LogP contribution in [-0.4, -0.2) is 11.8 Å². The summed E-state index contributed by atoms with van der Waals surface area (Å²) in [4.78, 5) is 15.7. The highest BCUT2D eigenvalue weighted by Crippen LogP contribution is 2.41. The number of amidine groups is 1. The van der Waals surface area contributed by atoms with Crippen molar-refractivity contribution in [2.75, 3.05) is 0 Å². The summed E-state index contributed by atoms with van der Waals surface area (Å²) in [5, 5.41) is 3.50. The summed E-state index contributed by atoms with van der Waals surface area (Å²) in [6.07, 6.45) is 3.71. The van der Waals surface area contributed by atoms with Crippen molar-refractivity contribution in [2.24, 2.45) is 16.3 Å². The molecular formula is C7H10N2O2. The summed E-state index contributed by atoms with van der Waals surface area (Å²) in [6.45, 7) is 0. The summed E-state index contributed by atoms with van der Waals surface area (Å²) in [5.74, 6) is 0.118. The van der Waals surface area contributed by atoms with E-state index in [-0.39, 0.29) is 5.97 Å². The number of oxime groups is 1. The van der Waals surface area contributed by atoms with E-state index in [1.54, 1.807) is 0 Å². The van der Waals surface area contributed by atoms with Crippen LogP contribution in [0.1, 0.15) is 25.7 Å². The van der Waals surface area contributed by atoms with E-state index in [1.807, 2.05) is 0 Å². The lowest BCUT2D eigenvalue weighted by Gasteiger charge is -2.15. The van der Waals surface area contributed by atoms with Crippen LogP contribution in [-0.2, 0) is 9.63 Å². The molecule has 0 aromatic rings. The van der Waals surface area contributed by atoms with E-state index in [4.69, 9.17) is 5.73 Å². The van der Waals surface area contributed by atoms with Crippen molar-refractivity contribution in [3.8, 4) is 0 Å². The fourth-order valence-corrected chi connectivity index (χ4v) is 1.81. The summed E-state index contributed by atoms with van der Waals surface area (Å²) in [6, 6.07) is 0. The molecule has 1 spiro atoms. The first-order chi connectivity index (χ1) is 5.26. The quantitative estimate of drug-likeness (QED) is 0.513. The van der Waals surface area contributed by atoms with Crippen LogP contribution in [0.5, 0.6) is 0 Å². The van der Waals surface area contributed by atoms with Gasteiger partial charge in [-0.2, -0.15) is 0 Å². The predicted molar refractivity (Wildman–Crippen MR) is 38.6 cm³/mol. The molecule has 0 bridgehead atoms. The number of nitrogens with zero attached hydrogens (tertiary/aromatic N) is 1. The first-order valence-corrected chi connectivity index (χ1v) is 3.81. The van der Waals surface area contributed by atoms with E-state index in [9.17, 15) is 4.79 Å². The minimum atomic E-state index is -0.528. The molecule has 1 aliphatic heterocycles. The molecule has 0 atom stereocenters. The second-order valence-corrected chi connectivity index (χ2v) is 3.14. The van der Waals surface area contributed by atoms with E-state index in [1.165, 1.54) is 0 Å². The molecular weight excluding hydrogens is 144 g/mol. The van der Waals surface area contributed by atoms with Gasteiger partial charge in [0, 0.05) is 0 Å². The number of carbonyl (C=O) groups excluding carboxylic acids is 1. The highest BCUT2D eigenvalue weighted by atomic mass is 16.7. The van der Waals surface area contributed by atoms with Gasteiger partial charge in [0.05, 0.1) is 0 Å². The number of carbonyl (C=O) groups is 1. The minimum absolute atomic E-state index is 0.257. The molecule has 0 saturated heterocycles. The Labute approximate surface area is 64.4 Å². The van der Waals surface area contributed by atoms with Gasteiger partial charge in [-0.1, -0.05) is 18.0 Å². The topological polar surface area (TPSA) is 64.7 Å². The Morgan fingerprint density at radius 3 is 2.55 bits per heavy atom. The summed E-state index contributed by atoms with van der Waals surface area (Å²) < 4.78 is 0. The summed E-state index contributed by atoms with van der Waals surface area (Å²) >= 11 is 0. The van der Waals surface area contributed by atoms with Crippen LogP contribution >= 0.6 is 0 Å². The molecule has 0 unspecified atom stereocenters. The SMILES string of the molecule is NC1=NOC(=O)C12CCCC2. The van der Waals surface area contributed by atoms with Gasteiger partial charge in [-0.05, 0) is 12.8 Å². The molecule has 0 aromatic heterocycles. The molecule has 1 saturated carbocycles. The first kappa shape index (κ1) is 6.64. The maximum Gasteiger partial charge on any atom is 0.348 e. The fourth-order valence-electron chi connectivity index (χ4n) is 1.81. The molecule has 60 valence electrons. The highest BCUT2D eigenvalue weighted by molar-refractivity contribution is 6.07. The third kappa shape index (κ3) is 0.692. The Hall–Kier alpha value is -1.06. The lowest BCUT2D eigenvalue weighted by molar-refractivity contribution is -0.147. The van der Waals surface area contributed by atoms with Crippen molar-refractivity contribution in [1.82, 2.24) is 0 Å². The standard InChI is InChI=1S/C7H10N2O2/c8-5-7(3-1-2-4-7)6(10)11-9-5/h1-4H2,(H2,8,9). The molecule has 1 aliphatic carbocycles. The van der Waals surface area contributed by atoms with Crippen LogP contribution in [0.3, 0.4) is 0 Å². The Kier molecular flexibility index (Phi) is 1.19. The van der Waals surface area contributed by atoms with Gasteiger partial charge in [-0.15, -0.1) is 0 Å². The van der Waals surface area contributed by atoms with Crippen molar-refractivity contribution in [3.63, 3.8) is 0 Å². The molecule has 2 rings (SSSR count). The van der Waals surface area contributed by atoms with Gasteiger partial charge in [0.15, 0.2) is 5.84 Å². The Balaban J connectivity index is 2.34. The second kappa shape index (κ2) is 1.96. The Bertz CT molecular complexity index is 229. The Morgan fingerprint density at radius 1 is 1.45 bits per heavy atom. The molecule has 1 fully saturated rings. The third-order valence-corrected chi connectivity index (χ3v) is 2.57. The normalized spacial score (nSPS) is 27.3. The van der Waals surface area contributed by atoms with Crippen LogP contribution in [0.25, 0.3) is 0 Å². The number of hydrogen-bond acceptors (Lipinski definition) is 4. The molecule has 1 heterocycles. The van der Waals surface area contributed by atoms with Crippen molar-refractivity contribution < 1.29 is 9.63 Å². The average Bonchev–Trinajstić information content (AvgIpc) is 2.56. The maximum atomic E-state index is 11.2.